The Morgan fingerprint density at radius 3 is 2.47 bits per heavy atom. The van der Waals surface area contributed by atoms with Gasteiger partial charge in [-0.05, 0) is 39.3 Å². The van der Waals surface area contributed by atoms with E-state index in [1.165, 1.54) is 6.07 Å². The molecule has 0 saturated heterocycles. The smallest absolute Gasteiger partial charge is 0.345 e. The maximum Gasteiger partial charge on any atom is 0.399 e. The number of nitrogens with one attached hydrogen (secondary N) is 1. The summed E-state index contributed by atoms with van der Waals surface area (Å²) >= 11 is 0. The van der Waals surface area contributed by atoms with E-state index in [1.807, 2.05) is 20.9 Å². The van der Waals surface area contributed by atoms with Crippen molar-refractivity contribution in [2.24, 2.45) is 7.05 Å². The lowest BCUT2D eigenvalue weighted by atomic mass is 9.87. The van der Waals surface area contributed by atoms with Gasteiger partial charge in [-0.25, -0.2) is 0 Å². The molecule has 3 rings (SSSR count). The molecule has 3 aromatic rings. The number of hydrogen-bond acceptors (Lipinski definition) is 3. The van der Waals surface area contributed by atoms with E-state index < -0.39 is 11.6 Å². The number of carbonyl (C=O) groups excluding carboxylic acids is 1. The normalized spacial score (nSPS) is 13.5. The van der Waals surface area contributed by atoms with Crippen LogP contribution in [0, 0.1) is 6.92 Å². The lowest BCUT2D eigenvalue weighted by Crippen LogP contribution is -2.37. The molecular weight excluding hydrogens is 393 g/mol. The molecule has 1 unspecified atom stereocenters. The molecule has 1 aromatic carbocycles. The summed E-state index contributed by atoms with van der Waals surface area (Å²) in [4.78, 5) is 17.3. The Kier molecular flexibility index (Phi) is 5.62. The molecule has 0 radical (unpaired) electrons. The Labute approximate surface area is 173 Å². The van der Waals surface area contributed by atoms with Gasteiger partial charge in [0.2, 0.25) is 0 Å². The van der Waals surface area contributed by atoms with Crippen molar-refractivity contribution in [2.75, 3.05) is 0 Å². The molecule has 8 heteroatoms. The van der Waals surface area contributed by atoms with Gasteiger partial charge in [-0.2, -0.15) is 18.3 Å². The summed E-state index contributed by atoms with van der Waals surface area (Å²) in [6.45, 7) is 6.04. The monoisotopic (exact) mass is 418 g/mol. The number of carbonyl (C=O) groups is 1. The average Bonchev–Trinajstić information content (AvgIpc) is 3.02. The number of para-hydroxylation sites is 1. The highest BCUT2D eigenvalue weighted by Crippen LogP contribution is 2.40. The number of hydrogen-bond donors (Lipinski definition) is 1. The number of rotatable bonds is 5. The molecule has 0 spiro atoms. The third kappa shape index (κ3) is 3.78. The first-order valence-corrected chi connectivity index (χ1v) is 9.73. The summed E-state index contributed by atoms with van der Waals surface area (Å²) < 4.78 is 42.2. The van der Waals surface area contributed by atoms with Gasteiger partial charge in [-0.15, -0.1) is 0 Å². The van der Waals surface area contributed by atoms with Crippen molar-refractivity contribution in [3.63, 3.8) is 0 Å². The van der Waals surface area contributed by atoms with E-state index in [0.29, 0.717) is 11.8 Å². The van der Waals surface area contributed by atoms with Crippen molar-refractivity contribution in [3.8, 4) is 0 Å². The third-order valence-corrected chi connectivity index (χ3v) is 5.68. The first-order chi connectivity index (χ1) is 14.0. The zero-order valence-corrected chi connectivity index (χ0v) is 17.6. The van der Waals surface area contributed by atoms with Gasteiger partial charge < -0.3 is 5.32 Å². The predicted octanol–water partition coefficient (Wildman–Crippen LogP) is 5.00. The number of nitrogens with zero attached hydrogens (tertiary/aromatic N) is 3. The number of fused-ring (bicyclic) bond motifs is 1. The maximum atomic E-state index is 13.5. The van der Waals surface area contributed by atoms with E-state index in [9.17, 15) is 18.0 Å². The molecule has 0 aliphatic heterocycles. The number of amides is 1. The van der Waals surface area contributed by atoms with Crippen molar-refractivity contribution >= 4 is 16.8 Å². The number of halogens is 3. The SMILES string of the molecule is CCC(NC(=O)c1cccc2ccc(C(C)(C)C(F)(F)F)nc12)c1cnn(C)c1C. The van der Waals surface area contributed by atoms with E-state index in [4.69, 9.17) is 0 Å². The van der Waals surface area contributed by atoms with Crippen LogP contribution in [0.25, 0.3) is 10.9 Å². The molecule has 160 valence electrons. The fourth-order valence-corrected chi connectivity index (χ4v) is 3.32. The van der Waals surface area contributed by atoms with Gasteiger partial charge in [-0.1, -0.05) is 25.1 Å². The lowest BCUT2D eigenvalue weighted by Gasteiger charge is -2.27. The van der Waals surface area contributed by atoms with Crippen molar-refractivity contribution in [1.82, 2.24) is 20.1 Å². The van der Waals surface area contributed by atoms with E-state index in [1.54, 1.807) is 35.1 Å². The molecule has 0 aliphatic carbocycles. The van der Waals surface area contributed by atoms with Crippen LogP contribution in [0.1, 0.15) is 60.5 Å². The van der Waals surface area contributed by atoms with Crippen LogP contribution in [0.4, 0.5) is 13.2 Å². The van der Waals surface area contributed by atoms with E-state index >= 15 is 0 Å². The van der Waals surface area contributed by atoms with Gasteiger partial charge in [-0.3, -0.25) is 14.5 Å². The van der Waals surface area contributed by atoms with Crippen molar-refractivity contribution in [2.45, 2.75) is 51.7 Å². The first-order valence-electron chi connectivity index (χ1n) is 9.73. The van der Waals surface area contributed by atoms with Crippen LogP contribution < -0.4 is 5.32 Å². The van der Waals surface area contributed by atoms with Crippen molar-refractivity contribution < 1.29 is 18.0 Å². The molecule has 0 aliphatic rings. The Hall–Kier alpha value is -2.90. The number of aryl methyl sites for hydroxylation is 1. The zero-order chi connectivity index (χ0) is 22.3. The highest BCUT2D eigenvalue weighted by Gasteiger charge is 2.49. The van der Waals surface area contributed by atoms with E-state index in [0.717, 1.165) is 25.1 Å². The van der Waals surface area contributed by atoms with Crippen LogP contribution in [-0.2, 0) is 12.5 Å². The zero-order valence-electron chi connectivity index (χ0n) is 17.6. The number of alkyl halides is 3. The maximum absolute atomic E-state index is 13.5. The number of aromatic nitrogens is 3. The number of pyridine rings is 1. The van der Waals surface area contributed by atoms with Gasteiger partial charge >= 0.3 is 6.18 Å². The molecule has 1 atom stereocenters. The summed E-state index contributed by atoms with van der Waals surface area (Å²) in [6.07, 6.45) is -2.10. The quantitative estimate of drug-likeness (QED) is 0.635. The Balaban J connectivity index is 2.01. The molecule has 2 aromatic heterocycles. The Morgan fingerprint density at radius 1 is 1.20 bits per heavy atom. The Morgan fingerprint density at radius 2 is 1.90 bits per heavy atom. The van der Waals surface area contributed by atoms with Crippen LogP contribution in [-0.4, -0.2) is 26.8 Å². The molecule has 5 nitrogen and oxygen atoms in total. The minimum Gasteiger partial charge on any atom is -0.345 e. The van der Waals surface area contributed by atoms with Gasteiger partial charge in [0.1, 0.15) is 5.41 Å². The molecule has 1 N–H and O–H groups in total. The second kappa shape index (κ2) is 7.74. The van der Waals surface area contributed by atoms with Crippen LogP contribution in [0.3, 0.4) is 0 Å². The molecule has 30 heavy (non-hydrogen) atoms. The van der Waals surface area contributed by atoms with Crippen molar-refractivity contribution in [3.05, 3.63) is 59.0 Å². The average molecular weight is 418 g/mol. The van der Waals surface area contributed by atoms with Gasteiger partial charge in [0.25, 0.3) is 5.91 Å². The van der Waals surface area contributed by atoms with E-state index in [2.05, 4.69) is 15.4 Å². The van der Waals surface area contributed by atoms with Crippen LogP contribution in [0.5, 0.6) is 0 Å². The minimum absolute atomic E-state index is 0.127. The molecule has 0 saturated carbocycles. The highest BCUT2D eigenvalue weighted by atomic mass is 19.4. The molecule has 1 amide bonds. The third-order valence-electron chi connectivity index (χ3n) is 5.68. The standard InChI is InChI=1S/C22H25F3N4O/c1-6-17(16-12-26-29(5)13(16)2)27-20(30)15-9-7-8-14-10-11-18(28-19(14)15)21(3,4)22(23,24)25/h7-12,17H,6H2,1-5H3,(H,27,30). The largest absolute Gasteiger partial charge is 0.399 e. The van der Waals surface area contributed by atoms with Gasteiger partial charge in [0.05, 0.1) is 29.0 Å². The van der Waals surface area contributed by atoms with Gasteiger partial charge in [0, 0.05) is 23.7 Å². The highest BCUT2D eigenvalue weighted by molar-refractivity contribution is 6.05. The molecule has 0 fully saturated rings. The number of benzene rings is 1. The van der Waals surface area contributed by atoms with Crippen LogP contribution in [0.2, 0.25) is 0 Å². The summed E-state index contributed by atoms with van der Waals surface area (Å²) in [7, 11) is 1.83. The van der Waals surface area contributed by atoms with E-state index in [-0.39, 0.29) is 28.7 Å². The topological polar surface area (TPSA) is 59.8 Å². The predicted molar refractivity (Wildman–Crippen MR) is 109 cm³/mol. The van der Waals surface area contributed by atoms with Gasteiger partial charge in [0.15, 0.2) is 0 Å². The fraction of sp³-hybridized carbons (Fsp3) is 0.409. The fourth-order valence-electron chi connectivity index (χ4n) is 3.32. The second-order valence-corrected chi connectivity index (χ2v) is 7.94. The molecule has 2 heterocycles. The Bertz CT molecular complexity index is 1090. The van der Waals surface area contributed by atoms with Crippen molar-refractivity contribution in [1.29, 1.82) is 0 Å². The van der Waals surface area contributed by atoms with Crippen LogP contribution in [0.15, 0.2) is 36.5 Å². The molecular formula is C22H25F3N4O. The minimum atomic E-state index is -4.46. The summed E-state index contributed by atoms with van der Waals surface area (Å²) in [5.74, 6) is -0.384. The summed E-state index contributed by atoms with van der Waals surface area (Å²) in [5.41, 5.74) is 0.0736. The molecule has 0 bridgehead atoms. The second-order valence-electron chi connectivity index (χ2n) is 7.94. The first kappa shape index (κ1) is 21.8. The summed E-state index contributed by atoms with van der Waals surface area (Å²) in [5, 5.41) is 7.81. The summed E-state index contributed by atoms with van der Waals surface area (Å²) in [6, 6.07) is 7.68. The van der Waals surface area contributed by atoms with Crippen LogP contribution >= 0.6 is 0 Å². The lowest BCUT2D eigenvalue weighted by molar-refractivity contribution is -0.181.